The minimum absolute atomic E-state index is 0.240. The topological polar surface area (TPSA) is 96.4 Å². The van der Waals surface area contributed by atoms with E-state index in [0.717, 1.165) is 167 Å². The van der Waals surface area contributed by atoms with Crippen LogP contribution in [-0.4, -0.2) is 23.8 Å². The second-order valence-corrected chi connectivity index (χ2v) is 30.8. The van der Waals surface area contributed by atoms with Crippen molar-refractivity contribution in [2.24, 2.45) is 9.98 Å². The van der Waals surface area contributed by atoms with Crippen molar-refractivity contribution < 1.29 is 13.3 Å². The van der Waals surface area contributed by atoms with Gasteiger partial charge in [0.1, 0.15) is 12.1 Å². The fraction of sp³-hybridized carbons (Fsp3) is 0. The van der Waals surface area contributed by atoms with Crippen molar-refractivity contribution in [2.45, 2.75) is 0 Å². The summed E-state index contributed by atoms with van der Waals surface area (Å²) < 4.78 is 24.8. The van der Waals surface area contributed by atoms with Crippen molar-refractivity contribution in [2.75, 3.05) is 9.80 Å². The summed E-state index contributed by atoms with van der Waals surface area (Å²) in [5, 5.41) is 29.1. The van der Waals surface area contributed by atoms with Gasteiger partial charge in [-0.25, -0.2) is 4.48 Å². The summed E-state index contributed by atoms with van der Waals surface area (Å²) in [5.41, 5.74) is 27.5. The van der Waals surface area contributed by atoms with Gasteiger partial charge < -0.3 is 14.3 Å². The highest BCUT2D eigenvalue weighted by Gasteiger charge is 2.40. The number of aromatic nitrogens is 4. The van der Waals surface area contributed by atoms with Crippen LogP contribution in [-0.2, 0) is 0 Å². The standard InChI is InChI=1S/C108H68B2FN10/c111-110-117-70-84(46-60-104(117)115-108-98-30-14-26-82-28-16-32-102(106(82)98)121(108)110)76-35-49-92(50-36-76)119(94-53-39-78(40-54-94)90-65-87(73-21-9-3-10-22-73)62-88(66-90)74-23-11-4-12-24-74)96-57-43-80(44-58-96)100(68-113)99(67-112)79-41-55-95(56-42-79)118(93-51-37-77(38-52-93)89-63-85(71-17-5-1-6-18-71)61-86(64-89)72-19-7-2-8-20-72)91-47-33-75(34-48-91)83-45-59-103-114-107-97-29-13-25-81-27-15-31-101(105(81)97)120(107)109-116(103)69-83/h1-66,69-70H/q+2/b100-99+. The molecule has 121 heavy (non-hydrogen) atoms. The average Bonchev–Trinajstić information content (AvgIpc) is 1.58. The lowest BCUT2D eigenvalue weighted by Crippen LogP contribution is -2.58. The minimum Gasteiger partial charge on any atom is -0.311 e. The molecule has 0 spiro atoms. The van der Waals surface area contributed by atoms with Gasteiger partial charge in [-0.2, -0.15) is 10.5 Å². The van der Waals surface area contributed by atoms with Gasteiger partial charge in [0, 0.05) is 79.2 Å². The van der Waals surface area contributed by atoms with Crippen LogP contribution in [0.4, 0.5) is 50.1 Å². The Balaban J connectivity index is 0.601. The smallest absolute Gasteiger partial charge is 0.311 e. The number of rotatable bonds is 16. The number of hydrogen-bond donors (Lipinski definition) is 0. The molecule has 13 heteroatoms. The Morgan fingerprint density at radius 3 is 1.02 bits per heavy atom. The third-order valence-corrected chi connectivity index (χ3v) is 23.7. The molecule has 20 aromatic rings. The summed E-state index contributed by atoms with van der Waals surface area (Å²) in [4.78, 5) is 14.7. The normalized spacial score (nSPS) is 12.1. The van der Waals surface area contributed by atoms with Gasteiger partial charge >= 0.3 is 26.4 Å². The van der Waals surface area contributed by atoms with Crippen molar-refractivity contribution >= 4 is 115 Å². The van der Waals surface area contributed by atoms with E-state index >= 15 is 4.32 Å². The Hall–Kier alpha value is -16.3. The van der Waals surface area contributed by atoms with Crippen LogP contribution in [0.15, 0.2) is 423 Å². The van der Waals surface area contributed by atoms with Crippen LogP contribution in [0, 0.1) is 22.7 Å². The van der Waals surface area contributed by atoms with E-state index in [1.165, 1.54) is 10.8 Å². The number of nitriles is 2. The number of allylic oxidation sites excluding steroid dienone is 2. The van der Waals surface area contributed by atoms with E-state index in [-0.39, 0.29) is 11.1 Å². The van der Waals surface area contributed by atoms with E-state index in [2.05, 4.69) is 348 Å². The van der Waals surface area contributed by atoms with E-state index in [9.17, 15) is 10.5 Å². The first kappa shape index (κ1) is 71.2. The van der Waals surface area contributed by atoms with Crippen molar-refractivity contribution in [3.8, 4) is 101 Å². The molecule has 0 atom stereocenters. The first-order chi connectivity index (χ1) is 59.8. The maximum atomic E-state index is 17.2. The maximum Gasteiger partial charge on any atom is 0.727 e. The molecule has 2 aliphatic heterocycles. The summed E-state index contributed by atoms with van der Waals surface area (Å²) in [6.07, 6.45) is 4.00. The Labute approximate surface area is 699 Å². The molecule has 22 rings (SSSR count). The average molecular weight is 1550 g/mol. The molecule has 1 radical (unpaired) electrons. The molecule has 0 fully saturated rings. The fourth-order valence-electron chi connectivity index (χ4n) is 17.7. The van der Waals surface area contributed by atoms with Crippen LogP contribution in [0.5, 0.6) is 0 Å². The van der Waals surface area contributed by atoms with Crippen molar-refractivity contribution in [3.63, 3.8) is 0 Å². The molecular weight excluding hydrogens is 1480 g/mol. The summed E-state index contributed by atoms with van der Waals surface area (Å²) in [6, 6.07) is 144. The fourth-order valence-corrected chi connectivity index (χ4v) is 17.7. The van der Waals surface area contributed by atoms with E-state index in [4.69, 9.17) is 9.98 Å². The Kier molecular flexibility index (Phi) is 17.5. The predicted molar refractivity (Wildman–Crippen MR) is 490 cm³/mol. The first-order valence-electron chi connectivity index (χ1n) is 40.5. The molecule has 10 nitrogen and oxygen atoms in total. The maximum absolute atomic E-state index is 17.2. The summed E-state index contributed by atoms with van der Waals surface area (Å²) in [7, 11) is 0.606. The highest BCUT2D eigenvalue weighted by Crippen LogP contribution is 2.44. The molecule has 0 aliphatic carbocycles. The summed E-state index contributed by atoms with van der Waals surface area (Å²) in [6.45, 7) is 0. The Bertz CT molecular complexity index is 7600. The van der Waals surface area contributed by atoms with Gasteiger partial charge in [0.2, 0.25) is 11.0 Å². The Morgan fingerprint density at radius 1 is 0.306 bits per heavy atom. The first-order valence-corrected chi connectivity index (χ1v) is 40.5. The number of hydrogen-bond acceptors (Lipinski definition) is 6. The third kappa shape index (κ3) is 12.8. The van der Waals surface area contributed by atoms with Crippen molar-refractivity contribution in [3.05, 3.63) is 435 Å². The van der Waals surface area contributed by atoms with Gasteiger partial charge in [0.15, 0.2) is 0 Å². The number of anilines is 6. The number of pyridine rings is 2. The lowest BCUT2D eigenvalue weighted by molar-refractivity contribution is -0.535. The monoisotopic (exact) mass is 1550 g/mol. The third-order valence-electron chi connectivity index (χ3n) is 23.7. The largest absolute Gasteiger partial charge is 0.727 e. The lowest BCUT2D eigenvalue weighted by Gasteiger charge is -2.26. The summed E-state index contributed by atoms with van der Waals surface area (Å²) in [5.74, 6) is 1.37. The van der Waals surface area contributed by atoms with E-state index in [1.54, 1.807) is 8.96 Å². The Morgan fingerprint density at radius 2 is 0.620 bits per heavy atom. The zero-order valence-corrected chi connectivity index (χ0v) is 65.3. The number of fused-ring (bicyclic) bond motifs is 8. The van der Waals surface area contributed by atoms with Crippen LogP contribution in [0.3, 0.4) is 0 Å². The van der Waals surface area contributed by atoms with Gasteiger partial charge in [-0.05, 0) is 255 Å². The van der Waals surface area contributed by atoms with Crippen LogP contribution >= 0.6 is 0 Å². The number of halogens is 1. The zero-order chi connectivity index (χ0) is 80.6. The molecule has 0 saturated heterocycles. The van der Waals surface area contributed by atoms with Gasteiger partial charge in [0.05, 0.1) is 34.3 Å². The molecule has 0 unspecified atom stereocenters. The van der Waals surface area contributed by atoms with Crippen LogP contribution in [0.2, 0.25) is 0 Å². The molecule has 561 valence electrons. The molecule has 4 aromatic heterocycles. The van der Waals surface area contributed by atoms with Crippen LogP contribution in [0.1, 0.15) is 11.1 Å². The highest BCUT2D eigenvalue weighted by atomic mass is 19.1. The highest BCUT2D eigenvalue weighted by molar-refractivity contribution is 6.42. The van der Waals surface area contributed by atoms with Gasteiger partial charge in [-0.3, -0.25) is 13.3 Å². The molecular formula is C108H68B2FN10+2. The lowest BCUT2D eigenvalue weighted by atomic mass is 9.93. The van der Waals surface area contributed by atoms with Crippen molar-refractivity contribution in [1.82, 2.24) is 8.96 Å². The molecule has 0 saturated carbocycles. The van der Waals surface area contributed by atoms with E-state index in [1.807, 2.05) is 103 Å². The summed E-state index contributed by atoms with van der Waals surface area (Å²) >= 11 is 0. The van der Waals surface area contributed by atoms with Gasteiger partial charge in [-0.15, -0.1) is 0 Å². The quantitative estimate of drug-likeness (QED) is 0.0547. The second kappa shape index (κ2) is 29.7. The van der Waals surface area contributed by atoms with Crippen LogP contribution < -0.4 is 29.7 Å². The molecule has 16 aromatic carbocycles. The predicted octanol–water partition coefficient (Wildman–Crippen LogP) is 25.0. The minimum atomic E-state index is -1.53. The van der Waals surface area contributed by atoms with E-state index < -0.39 is 7.26 Å². The van der Waals surface area contributed by atoms with Crippen LogP contribution in [0.25, 0.3) is 144 Å². The molecule has 0 amide bonds. The number of nitrogens with zero attached hydrogens (tertiary/aromatic N) is 10. The second-order valence-electron chi connectivity index (χ2n) is 30.8. The SMILES string of the molecule is N#C/C(=C(/C#N)c1ccc(N(c2ccc(-c3cc(-c4ccccc4)cc(-c4ccccc4)c3)cc2)c2ccc(-c3ccc4[n+](c3)B(F)n3c(c5cccc6cccc3c65)=N4)cc2)cc1)c1ccc(N(c2ccc(-c3cc(-c4ccccc4)cc(-c4ccccc4)c3)cc2)c2ccc(-c3ccc4[n+](c3)[B]n3c(c5cccc6cccc3c65)=N4)cc2)cc1. The molecule has 0 N–H and O–H groups in total. The number of benzene rings is 16. The molecule has 2 aliphatic rings. The zero-order valence-electron chi connectivity index (χ0n) is 65.3. The molecule has 6 heterocycles. The molecule has 0 bridgehead atoms. The van der Waals surface area contributed by atoms with E-state index in [0.29, 0.717) is 22.4 Å². The van der Waals surface area contributed by atoms with Gasteiger partial charge in [-0.1, -0.05) is 243 Å². The van der Waals surface area contributed by atoms with Crippen molar-refractivity contribution in [1.29, 1.82) is 10.5 Å². The van der Waals surface area contributed by atoms with Gasteiger partial charge in [0.25, 0.3) is 0 Å².